The molecule has 2 aliphatic rings. The molecule has 0 atom stereocenters. The third-order valence-corrected chi connectivity index (χ3v) is 7.13. The normalized spacial score (nSPS) is 18.0. The van der Waals surface area contributed by atoms with Crippen LogP contribution in [0.4, 0.5) is 5.95 Å². The van der Waals surface area contributed by atoms with Crippen LogP contribution in [-0.4, -0.2) is 27.5 Å². The van der Waals surface area contributed by atoms with E-state index in [9.17, 15) is 0 Å². The zero-order valence-electron chi connectivity index (χ0n) is 18.0. The van der Waals surface area contributed by atoms with Crippen molar-refractivity contribution < 1.29 is 4.74 Å². The highest BCUT2D eigenvalue weighted by atomic mass is 16.5. The third-order valence-electron chi connectivity index (χ3n) is 7.13. The van der Waals surface area contributed by atoms with Crippen LogP contribution >= 0.6 is 0 Å². The van der Waals surface area contributed by atoms with Gasteiger partial charge in [-0.3, -0.25) is 4.40 Å². The summed E-state index contributed by atoms with van der Waals surface area (Å²) in [6, 6.07) is 19.9. The lowest BCUT2D eigenvalue weighted by Crippen LogP contribution is -2.54. The van der Waals surface area contributed by atoms with Crippen LogP contribution in [0.2, 0.25) is 0 Å². The monoisotopic (exact) mass is 425 g/mol. The molecule has 32 heavy (non-hydrogen) atoms. The topological polar surface area (TPSA) is 77.5 Å². The van der Waals surface area contributed by atoms with Crippen molar-refractivity contribution in [1.82, 2.24) is 19.7 Å². The molecule has 2 aromatic carbocycles. The summed E-state index contributed by atoms with van der Waals surface area (Å²) >= 11 is 0. The van der Waals surface area contributed by atoms with Gasteiger partial charge in [0.15, 0.2) is 0 Å². The average Bonchev–Trinajstić information content (AvgIpc) is 3.20. The fourth-order valence-electron chi connectivity index (χ4n) is 5.21. The molecule has 4 aromatic rings. The maximum Gasteiger partial charge on any atom is 0.206 e. The Bertz CT molecular complexity index is 1230. The number of imidazole rings is 1. The first kappa shape index (κ1) is 19.3. The maximum atomic E-state index is 6.32. The van der Waals surface area contributed by atoms with Gasteiger partial charge in [-0.05, 0) is 73.6 Å². The zero-order chi connectivity index (χ0) is 21.5. The van der Waals surface area contributed by atoms with Gasteiger partial charge in [0.2, 0.25) is 5.95 Å². The highest BCUT2D eigenvalue weighted by Gasteiger charge is 2.41. The van der Waals surface area contributed by atoms with Crippen molar-refractivity contribution in [2.24, 2.45) is 5.41 Å². The predicted octanol–water partition coefficient (Wildman–Crippen LogP) is 5.02. The minimum atomic E-state index is 0.465. The molecular formula is C26H27N5O. The SMILES string of the molecule is Nc1nccc2c(C3CCC4(CC3)CNC4)nc(-c3ccc(Oc4ccccc4)cc3)n12. The standard InChI is InChI=1S/C26H27N5O/c27-25-29-15-12-22-23(18-10-13-26(14-11-18)16-28-17-26)30-24(31(22)25)19-6-8-21(9-7-19)32-20-4-2-1-3-5-20/h1-9,12,15,18,28H,10-11,13-14,16-17H2,(H2,27,29). The van der Waals surface area contributed by atoms with Crippen molar-refractivity contribution in [3.05, 3.63) is 72.6 Å². The van der Waals surface area contributed by atoms with Gasteiger partial charge in [-0.25, -0.2) is 9.97 Å². The summed E-state index contributed by atoms with van der Waals surface area (Å²) in [6.07, 6.45) is 6.69. The molecule has 1 saturated carbocycles. The predicted molar refractivity (Wildman–Crippen MR) is 126 cm³/mol. The molecule has 0 radical (unpaired) electrons. The molecule has 6 heteroatoms. The number of fused-ring (bicyclic) bond motifs is 1. The summed E-state index contributed by atoms with van der Waals surface area (Å²) in [6.45, 7) is 2.34. The highest BCUT2D eigenvalue weighted by molar-refractivity contribution is 5.69. The number of benzene rings is 2. The molecule has 1 aliphatic carbocycles. The van der Waals surface area contributed by atoms with Crippen LogP contribution in [0.3, 0.4) is 0 Å². The van der Waals surface area contributed by atoms with Crippen molar-refractivity contribution in [3.63, 3.8) is 0 Å². The summed E-state index contributed by atoms with van der Waals surface area (Å²) in [4.78, 5) is 9.47. The molecule has 1 aliphatic heterocycles. The summed E-state index contributed by atoms with van der Waals surface area (Å²) in [5.74, 6) is 3.39. The molecule has 162 valence electrons. The average molecular weight is 426 g/mol. The Kier molecular flexibility index (Phi) is 4.61. The van der Waals surface area contributed by atoms with Gasteiger partial charge in [0.05, 0.1) is 11.2 Å². The van der Waals surface area contributed by atoms with Crippen molar-refractivity contribution in [3.8, 4) is 22.9 Å². The summed E-state index contributed by atoms with van der Waals surface area (Å²) in [5, 5.41) is 3.45. The van der Waals surface area contributed by atoms with Gasteiger partial charge in [-0.2, -0.15) is 0 Å². The van der Waals surface area contributed by atoms with Crippen LogP contribution in [0.25, 0.3) is 16.9 Å². The van der Waals surface area contributed by atoms with Crippen molar-refractivity contribution in [2.75, 3.05) is 18.8 Å². The molecular weight excluding hydrogens is 398 g/mol. The van der Waals surface area contributed by atoms with Gasteiger partial charge < -0.3 is 15.8 Å². The first-order valence-corrected chi connectivity index (χ1v) is 11.4. The molecule has 6 nitrogen and oxygen atoms in total. The highest BCUT2D eigenvalue weighted by Crippen LogP contribution is 2.46. The van der Waals surface area contributed by atoms with Crippen molar-refractivity contribution >= 4 is 11.5 Å². The van der Waals surface area contributed by atoms with Gasteiger partial charge in [0.25, 0.3) is 0 Å². The summed E-state index contributed by atoms with van der Waals surface area (Å²) < 4.78 is 7.94. The minimum absolute atomic E-state index is 0.465. The molecule has 0 bridgehead atoms. The lowest BCUT2D eigenvalue weighted by Gasteiger charge is -2.47. The van der Waals surface area contributed by atoms with Gasteiger partial charge in [0, 0.05) is 30.8 Å². The molecule has 2 aromatic heterocycles. The zero-order valence-corrected chi connectivity index (χ0v) is 18.0. The van der Waals surface area contributed by atoms with E-state index >= 15 is 0 Å². The van der Waals surface area contributed by atoms with Crippen molar-refractivity contribution in [1.29, 1.82) is 0 Å². The lowest BCUT2D eigenvalue weighted by molar-refractivity contribution is 0.0971. The van der Waals surface area contributed by atoms with Crippen molar-refractivity contribution in [2.45, 2.75) is 31.6 Å². The Labute approximate surface area is 187 Å². The largest absolute Gasteiger partial charge is 0.457 e. The maximum absolute atomic E-state index is 6.32. The fourth-order valence-corrected chi connectivity index (χ4v) is 5.21. The van der Waals surface area contributed by atoms with E-state index in [0.717, 1.165) is 34.1 Å². The minimum Gasteiger partial charge on any atom is -0.457 e. The summed E-state index contributed by atoms with van der Waals surface area (Å²) in [5.41, 5.74) is 10.1. The Morgan fingerprint density at radius 1 is 0.938 bits per heavy atom. The molecule has 1 spiro atoms. The van der Waals surface area contributed by atoms with E-state index in [4.69, 9.17) is 15.5 Å². The molecule has 6 rings (SSSR count). The second-order valence-electron chi connectivity index (χ2n) is 9.16. The first-order chi connectivity index (χ1) is 15.7. The number of rotatable bonds is 4. The van der Waals surface area contributed by atoms with Crippen LogP contribution in [0, 0.1) is 5.41 Å². The number of hydrogen-bond acceptors (Lipinski definition) is 5. The Morgan fingerprint density at radius 2 is 1.66 bits per heavy atom. The van der Waals surface area contributed by atoms with Crippen LogP contribution in [-0.2, 0) is 0 Å². The van der Waals surface area contributed by atoms with E-state index in [0.29, 0.717) is 17.3 Å². The number of nitrogens with zero attached hydrogens (tertiary/aromatic N) is 3. The second kappa shape index (κ2) is 7.64. The number of nitrogens with two attached hydrogens (primary N) is 1. The molecule has 1 saturated heterocycles. The van der Waals surface area contributed by atoms with E-state index in [1.165, 1.54) is 38.8 Å². The number of hydrogen-bond donors (Lipinski definition) is 2. The Morgan fingerprint density at radius 3 is 2.34 bits per heavy atom. The molecule has 3 heterocycles. The number of aromatic nitrogens is 3. The quantitative estimate of drug-likeness (QED) is 0.480. The number of para-hydroxylation sites is 1. The number of ether oxygens (including phenoxy) is 1. The third kappa shape index (κ3) is 3.31. The van der Waals surface area contributed by atoms with Gasteiger partial charge in [-0.15, -0.1) is 0 Å². The molecule has 0 unspecified atom stereocenters. The van der Waals surface area contributed by atoms with E-state index in [1.807, 2.05) is 65.1 Å². The smallest absolute Gasteiger partial charge is 0.206 e. The van der Waals surface area contributed by atoms with Crippen LogP contribution in [0.15, 0.2) is 66.9 Å². The van der Waals surface area contributed by atoms with E-state index in [1.54, 1.807) is 6.20 Å². The van der Waals surface area contributed by atoms with E-state index < -0.39 is 0 Å². The van der Waals surface area contributed by atoms with Gasteiger partial charge >= 0.3 is 0 Å². The van der Waals surface area contributed by atoms with Crippen LogP contribution in [0.5, 0.6) is 11.5 Å². The van der Waals surface area contributed by atoms with Gasteiger partial charge in [0.1, 0.15) is 17.3 Å². The Balaban J connectivity index is 1.33. The summed E-state index contributed by atoms with van der Waals surface area (Å²) in [7, 11) is 0. The fraction of sp³-hybridized carbons (Fsp3) is 0.308. The molecule has 2 fully saturated rings. The molecule has 0 amide bonds. The Hall–Kier alpha value is -3.38. The number of nitrogens with one attached hydrogen (secondary N) is 1. The second-order valence-corrected chi connectivity index (χ2v) is 9.16. The first-order valence-electron chi connectivity index (χ1n) is 11.4. The lowest BCUT2D eigenvalue weighted by atomic mass is 9.66. The van der Waals surface area contributed by atoms with Gasteiger partial charge in [-0.1, -0.05) is 18.2 Å². The van der Waals surface area contributed by atoms with E-state index in [2.05, 4.69) is 10.3 Å². The number of nitrogen functional groups attached to an aromatic ring is 1. The van der Waals surface area contributed by atoms with Crippen LogP contribution < -0.4 is 15.8 Å². The van der Waals surface area contributed by atoms with Crippen LogP contribution in [0.1, 0.15) is 37.3 Å². The number of anilines is 1. The van der Waals surface area contributed by atoms with E-state index in [-0.39, 0.29) is 0 Å². The molecule has 3 N–H and O–H groups in total.